The molecule has 0 saturated carbocycles. The van der Waals surface area contributed by atoms with Crippen LogP contribution in [0.3, 0.4) is 0 Å². The first kappa shape index (κ1) is 22.2. The van der Waals surface area contributed by atoms with Gasteiger partial charge in [-0.15, -0.1) is 0 Å². The summed E-state index contributed by atoms with van der Waals surface area (Å²) in [6.07, 6.45) is 2.90. The van der Waals surface area contributed by atoms with Gasteiger partial charge >= 0.3 is 5.91 Å². The SMILES string of the molecule is COc1ccc2nc(N3C(=O)C(=O)C(=C(O)c4ccncc4)C3c3ccc([N+](=O)[O-])cc3)sc2c1. The van der Waals surface area contributed by atoms with E-state index in [1.54, 1.807) is 18.2 Å². The van der Waals surface area contributed by atoms with Crippen molar-refractivity contribution >= 4 is 49.8 Å². The summed E-state index contributed by atoms with van der Waals surface area (Å²) >= 11 is 1.19. The number of non-ortho nitro benzene ring substituents is 1. The number of aliphatic hydroxyl groups is 1. The minimum absolute atomic E-state index is 0.146. The number of nitro benzene ring substituents is 1. The lowest BCUT2D eigenvalue weighted by molar-refractivity contribution is -0.384. The van der Waals surface area contributed by atoms with Crippen molar-refractivity contribution in [2.75, 3.05) is 12.0 Å². The fourth-order valence-corrected chi connectivity index (χ4v) is 4.93. The van der Waals surface area contributed by atoms with Gasteiger partial charge in [-0.25, -0.2) is 4.98 Å². The number of thiazole rings is 1. The number of aromatic nitrogens is 2. The first-order chi connectivity index (χ1) is 16.9. The fourth-order valence-electron chi connectivity index (χ4n) is 3.91. The van der Waals surface area contributed by atoms with Crippen LogP contribution in [0.5, 0.6) is 5.75 Å². The van der Waals surface area contributed by atoms with Gasteiger partial charge in [0, 0.05) is 30.1 Å². The van der Waals surface area contributed by atoms with Crippen LogP contribution in [0.25, 0.3) is 16.0 Å². The average Bonchev–Trinajstić information content (AvgIpc) is 3.41. The molecule has 0 bridgehead atoms. The zero-order valence-electron chi connectivity index (χ0n) is 18.1. The predicted molar refractivity (Wildman–Crippen MR) is 128 cm³/mol. The number of benzene rings is 2. The number of amides is 1. The second-order valence-corrected chi connectivity index (χ2v) is 8.59. The molecule has 1 amide bonds. The molecule has 1 saturated heterocycles. The second kappa shape index (κ2) is 8.61. The number of ether oxygens (including phenoxy) is 1. The Balaban J connectivity index is 1.71. The first-order valence-corrected chi connectivity index (χ1v) is 11.1. The number of Topliss-reactive ketones (excluding diaryl/α,β-unsaturated/α-hetero) is 1. The third kappa shape index (κ3) is 3.77. The number of hydrogen-bond donors (Lipinski definition) is 1. The van der Waals surface area contributed by atoms with Crippen LogP contribution in [-0.4, -0.2) is 38.8 Å². The predicted octanol–water partition coefficient (Wildman–Crippen LogP) is 4.23. The summed E-state index contributed by atoms with van der Waals surface area (Å²) in [5, 5.41) is 22.5. The van der Waals surface area contributed by atoms with E-state index >= 15 is 0 Å². The number of nitro groups is 1. The smallest absolute Gasteiger partial charge is 0.301 e. The molecule has 1 fully saturated rings. The molecule has 0 spiro atoms. The highest BCUT2D eigenvalue weighted by Crippen LogP contribution is 2.44. The van der Waals surface area contributed by atoms with Gasteiger partial charge in [-0.3, -0.25) is 29.6 Å². The molecule has 1 aliphatic heterocycles. The molecular formula is C24H16N4O6S. The summed E-state index contributed by atoms with van der Waals surface area (Å²) in [5.41, 5.74) is 1.02. The number of ketones is 1. The van der Waals surface area contributed by atoms with Crippen LogP contribution < -0.4 is 9.64 Å². The number of anilines is 1. The van der Waals surface area contributed by atoms with Gasteiger partial charge in [-0.1, -0.05) is 11.3 Å². The summed E-state index contributed by atoms with van der Waals surface area (Å²) in [7, 11) is 1.54. The Morgan fingerprint density at radius 3 is 2.49 bits per heavy atom. The molecule has 10 nitrogen and oxygen atoms in total. The summed E-state index contributed by atoms with van der Waals surface area (Å²) in [5.74, 6) is -1.52. The van der Waals surface area contributed by atoms with E-state index < -0.39 is 22.7 Å². The number of methoxy groups -OCH3 is 1. The quantitative estimate of drug-likeness (QED) is 0.145. The minimum Gasteiger partial charge on any atom is -0.507 e. The second-order valence-electron chi connectivity index (χ2n) is 7.58. The number of carbonyl (C=O) groups excluding carboxylic acids is 2. The van der Waals surface area contributed by atoms with E-state index in [4.69, 9.17) is 4.74 Å². The number of fused-ring (bicyclic) bond motifs is 1. The highest BCUT2D eigenvalue weighted by Gasteiger charge is 2.48. The lowest BCUT2D eigenvalue weighted by Gasteiger charge is -2.22. The summed E-state index contributed by atoms with van der Waals surface area (Å²) in [6.45, 7) is 0. The molecular weight excluding hydrogens is 472 g/mol. The summed E-state index contributed by atoms with van der Waals surface area (Å²) < 4.78 is 5.99. The van der Waals surface area contributed by atoms with Crippen molar-refractivity contribution in [3.05, 3.63) is 93.8 Å². The molecule has 2 aromatic carbocycles. The van der Waals surface area contributed by atoms with E-state index in [-0.39, 0.29) is 22.2 Å². The normalized spacial score (nSPS) is 17.2. The van der Waals surface area contributed by atoms with Gasteiger partial charge in [0.2, 0.25) is 0 Å². The molecule has 174 valence electrons. The highest BCUT2D eigenvalue weighted by molar-refractivity contribution is 7.22. The van der Waals surface area contributed by atoms with Gasteiger partial charge in [0.1, 0.15) is 11.5 Å². The van der Waals surface area contributed by atoms with Crippen molar-refractivity contribution in [2.24, 2.45) is 0 Å². The maximum Gasteiger partial charge on any atom is 0.301 e. The molecule has 5 rings (SSSR count). The number of aliphatic hydroxyl groups excluding tert-OH is 1. The van der Waals surface area contributed by atoms with Crippen molar-refractivity contribution in [1.29, 1.82) is 0 Å². The summed E-state index contributed by atoms with van der Waals surface area (Å²) in [6, 6.07) is 12.7. The fraction of sp³-hybridized carbons (Fsp3) is 0.0833. The van der Waals surface area contributed by atoms with E-state index in [0.29, 0.717) is 22.4 Å². The zero-order valence-corrected chi connectivity index (χ0v) is 18.9. The van der Waals surface area contributed by atoms with Crippen molar-refractivity contribution in [2.45, 2.75) is 6.04 Å². The van der Waals surface area contributed by atoms with Crippen molar-refractivity contribution < 1.29 is 24.4 Å². The molecule has 0 aliphatic carbocycles. The Morgan fingerprint density at radius 1 is 1.11 bits per heavy atom. The Labute approximate surface area is 201 Å². The van der Waals surface area contributed by atoms with Gasteiger partial charge in [-0.2, -0.15) is 0 Å². The molecule has 1 atom stereocenters. The number of nitrogens with zero attached hydrogens (tertiary/aromatic N) is 4. The monoisotopic (exact) mass is 488 g/mol. The largest absolute Gasteiger partial charge is 0.507 e. The van der Waals surface area contributed by atoms with Crippen LogP contribution in [-0.2, 0) is 9.59 Å². The highest BCUT2D eigenvalue weighted by atomic mass is 32.1. The Hall–Kier alpha value is -4.64. The van der Waals surface area contributed by atoms with E-state index in [9.17, 15) is 24.8 Å². The van der Waals surface area contributed by atoms with Gasteiger partial charge < -0.3 is 9.84 Å². The molecule has 2 aromatic heterocycles. The maximum atomic E-state index is 13.3. The maximum absolute atomic E-state index is 13.3. The third-order valence-electron chi connectivity index (χ3n) is 5.61. The molecule has 1 N–H and O–H groups in total. The molecule has 1 aliphatic rings. The van der Waals surface area contributed by atoms with Crippen LogP contribution in [0.4, 0.5) is 10.8 Å². The van der Waals surface area contributed by atoms with Crippen LogP contribution in [0, 0.1) is 10.1 Å². The topological polar surface area (TPSA) is 136 Å². The minimum atomic E-state index is -1.05. The van der Waals surface area contributed by atoms with Gasteiger partial charge in [-0.05, 0) is 48.0 Å². The Bertz CT molecular complexity index is 1510. The molecule has 4 aromatic rings. The lowest BCUT2D eigenvalue weighted by Crippen LogP contribution is -2.29. The number of pyridine rings is 1. The van der Waals surface area contributed by atoms with Gasteiger partial charge in [0.25, 0.3) is 11.5 Å². The molecule has 1 unspecified atom stereocenters. The van der Waals surface area contributed by atoms with Crippen LogP contribution >= 0.6 is 11.3 Å². The molecule has 35 heavy (non-hydrogen) atoms. The van der Waals surface area contributed by atoms with Crippen LogP contribution in [0.2, 0.25) is 0 Å². The van der Waals surface area contributed by atoms with Gasteiger partial charge in [0.05, 0.1) is 33.9 Å². The molecule has 3 heterocycles. The Morgan fingerprint density at radius 2 is 1.83 bits per heavy atom. The van der Waals surface area contributed by atoms with Gasteiger partial charge in [0.15, 0.2) is 5.13 Å². The van der Waals surface area contributed by atoms with E-state index in [2.05, 4.69) is 9.97 Å². The number of carbonyl (C=O) groups is 2. The van der Waals surface area contributed by atoms with E-state index in [0.717, 1.165) is 4.70 Å². The van der Waals surface area contributed by atoms with Crippen LogP contribution in [0.1, 0.15) is 17.2 Å². The lowest BCUT2D eigenvalue weighted by atomic mass is 9.95. The number of rotatable bonds is 5. The third-order valence-corrected chi connectivity index (χ3v) is 6.63. The summed E-state index contributed by atoms with van der Waals surface area (Å²) in [4.78, 5) is 46.7. The standard InChI is InChI=1S/C24H16N4O6S/c1-34-16-6-7-17-18(12-16)35-24(26-17)27-20(13-2-4-15(5-3-13)28(32)33)19(22(30)23(27)31)21(29)14-8-10-25-11-9-14/h2-12,20,29H,1H3. The molecule has 0 radical (unpaired) electrons. The van der Waals surface area contributed by atoms with Crippen molar-refractivity contribution in [3.63, 3.8) is 0 Å². The first-order valence-electron chi connectivity index (χ1n) is 10.3. The van der Waals surface area contributed by atoms with Crippen LogP contribution in [0.15, 0.2) is 72.6 Å². The Kier molecular flexibility index (Phi) is 5.46. The van der Waals surface area contributed by atoms with Crippen molar-refractivity contribution in [3.8, 4) is 5.75 Å². The molecule has 11 heteroatoms. The zero-order chi connectivity index (χ0) is 24.7. The van der Waals surface area contributed by atoms with Crippen molar-refractivity contribution in [1.82, 2.24) is 9.97 Å². The van der Waals surface area contributed by atoms with E-state index in [1.165, 1.54) is 72.1 Å². The number of hydrogen-bond acceptors (Lipinski definition) is 9. The average molecular weight is 488 g/mol. The van der Waals surface area contributed by atoms with E-state index in [1.807, 2.05) is 0 Å².